The summed E-state index contributed by atoms with van der Waals surface area (Å²) < 4.78 is 38.7. The summed E-state index contributed by atoms with van der Waals surface area (Å²) in [6.07, 6.45) is 3.00. The van der Waals surface area contributed by atoms with Crippen LogP contribution in [0, 0.1) is 0 Å². The molecule has 2 aromatic rings. The van der Waals surface area contributed by atoms with Gasteiger partial charge < -0.3 is 11.1 Å². The maximum absolute atomic E-state index is 12.9. The smallest absolute Gasteiger partial charge is 0.328 e. The van der Waals surface area contributed by atoms with Crippen molar-refractivity contribution in [2.24, 2.45) is 5.73 Å². The number of hydrogen-bond donors (Lipinski definition) is 2. The summed E-state index contributed by atoms with van der Waals surface area (Å²) in [4.78, 5) is 4.41. The second-order valence-electron chi connectivity index (χ2n) is 7.78. The van der Waals surface area contributed by atoms with Gasteiger partial charge in [0, 0.05) is 35.8 Å². The molecule has 0 saturated heterocycles. The molecule has 0 amide bonds. The van der Waals surface area contributed by atoms with Crippen molar-refractivity contribution in [1.82, 2.24) is 10.3 Å². The molecule has 2 aliphatic carbocycles. The molecule has 0 unspecified atom stereocenters. The largest absolute Gasteiger partial charge is 0.416 e. The Labute approximate surface area is 169 Å². The first-order chi connectivity index (χ1) is 12.9. The summed E-state index contributed by atoms with van der Waals surface area (Å²) in [7, 11) is 0. The maximum Gasteiger partial charge on any atom is 0.416 e. The minimum absolute atomic E-state index is 0. The summed E-state index contributed by atoms with van der Waals surface area (Å²) in [6, 6.07) is 10.5. The van der Waals surface area contributed by atoms with Crippen LogP contribution in [0.1, 0.15) is 49.1 Å². The average Bonchev–Trinajstić information content (AvgIpc) is 3.42. The van der Waals surface area contributed by atoms with Crippen molar-refractivity contribution in [3.05, 3.63) is 53.7 Å². The molecule has 0 aliphatic heterocycles. The molecule has 1 aromatic heterocycles. The molecule has 28 heavy (non-hydrogen) atoms. The number of rotatable bonds is 4. The Balaban J connectivity index is 0.00000225. The number of benzene rings is 1. The molecule has 7 heteroatoms. The highest BCUT2D eigenvalue weighted by atomic mass is 35.5. The molecule has 0 bridgehead atoms. The first-order valence-electron chi connectivity index (χ1n) is 9.55. The molecule has 3 nitrogen and oxygen atoms in total. The van der Waals surface area contributed by atoms with E-state index < -0.39 is 11.7 Å². The topological polar surface area (TPSA) is 50.9 Å². The third-order valence-corrected chi connectivity index (χ3v) is 5.71. The SMILES string of the molecule is Cl.NC1CCC(N[C@@H]2C[C@H]2c2ccc(-c3cccc(C(F)(F)F)c3)nc2)CC1. The lowest BCUT2D eigenvalue weighted by Crippen LogP contribution is -2.38. The van der Waals surface area contributed by atoms with E-state index in [2.05, 4.69) is 10.3 Å². The number of nitrogens with zero attached hydrogens (tertiary/aromatic N) is 1. The molecule has 2 fully saturated rings. The summed E-state index contributed by atoms with van der Waals surface area (Å²) >= 11 is 0. The zero-order valence-electron chi connectivity index (χ0n) is 15.5. The van der Waals surface area contributed by atoms with Crippen LogP contribution in [0.2, 0.25) is 0 Å². The Morgan fingerprint density at radius 3 is 2.43 bits per heavy atom. The van der Waals surface area contributed by atoms with Crippen LogP contribution < -0.4 is 11.1 Å². The Bertz CT molecular complexity index is 786. The fourth-order valence-corrected chi connectivity index (χ4v) is 3.99. The Morgan fingerprint density at radius 1 is 1.04 bits per heavy atom. The fraction of sp³-hybridized carbons (Fsp3) is 0.476. The molecule has 2 saturated carbocycles. The quantitative estimate of drug-likeness (QED) is 0.752. The summed E-state index contributed by atoms with van der Waals surface area (Å²) in [5, 5.41) is 3.72. The van der Waals surface area contributed by atoms with Crippen molar-refractivity contribution < 1.29 is 13.2 Å². The highest BCUT2D eigenvalue weighted by molar-refractivity contribution is 5.85. The van der Waals surface area contributed by atoms with E-state index in [-0.39, 0.29) is 12.4 Å². The molecule has 0 radical (unpaired) electrons. The first kappa shape index (κ1) is 21.1. The van der Waals surface area contributed by atoms with E-state index in [9.17, 15) is 13.2 Å². The van der Waals surface area contributed by atoms with Gasteiger partial charge in [-0.15, -0.1) is 12.4 Å². The van der Waals surface area contributed by atoms with Crippen molar-refractivity contribution in [1.29, 1.82) is 0 Å². The van der Waals surface area contributed by atoms with Gasteiger partial charge in [0.15, 0.2) is 0 Å². The van der Waals surface area contributed by atoms with Crippen molar-refractivity contribution >= 4 is 12.4 Å². The van der Waals surface area contributed by atoms with Crippen LogP contribution in [-0.2, 0) is 6.18 Å². The predicted molar refractivity (Wildman–Crippen MR) is 106 cm³/mol. The van der Waals surface area contributed by atoms with E-state index in [0.29, 0.717) is 35.3 Å². The van der Waals surface area contributed by atoms with Gasteiger partial charge in [-0.2, -0.15) is 13.2 Å². The third kappa shape index (κ3) is 4.85. The van der Waals surface area contributed by atoms with E-state index >= 15 is 0 Å². The molecule has 0 spiro atoms. The second kappa shape index (κ2) is 8.39. The monoisotopic (exact) mass is 411 g/mol. The highest BCUT2D eigenvalue weighted by Gasteiger charge is 2.40. The predicted octanol–water partition coefficient (Wildman–Crippen LogP) is 4.90. The van der Waals surface area contributed by atoms with Crippen LogP contribution in [0.15, 0.2) is 42.6 Å². The minimum atomic E-state index is -4.34. The van der Waals surface area contributed by atoms with Crippen molar-refractivity contribution in [3.63, 3.8) is 0 Å². The molecule has 152 valence electrons. The van der Waals surface area contributed by atoms with E-state index in [1.165, 1.54) is 6.07 Å². The van der Waals surface area contributed by atoms with Gasteiger partial charge in [0.1, 0.15) is 0 Å². The highest BCUT2D eigenvalue weighted by Crippen LogP contribution is 2.42. The van der Waals surface area contributed by atoms with Gasteiger partial charge in [-0.25, -0.2) is 0 Å². The third-order valence-electron chi connectivity index (χ3n) is 5.71. The van der Waals surface area contributed by atoms with Gasteiger partial charge in [-0.05, 0) is 55.9 Å². The van der Waals surface area contributed by atoms with Crippen LogP contribution in [0.25, 0.3) is 11.3 Å². The number of aromatic nitrogens is 1. The fourth-order valence-electron chi connectivity index (χ4n) is 3.99. The lowest BCUT2D eigenvalue weighted by atomic mass is 9.92. The zero-order chi connectivity index (χ0) is 19.0. The second-order valence-corrected chi connectivity index (χ2v) is 7.78. The van der Waals surface area contributed by atoms with Crippen LogP contribution in [0.4, 0.5) is 13.2 Å². The van der Waals surface area contributed by atoms with Gasteiger partial charge >= 0.3 is 6.18 Å². The average molecular weight is 412 g/mol. The van der Waals surface area contributed by atoms with E-state index in [4.69, 9.17) is 5.73 Å². The Hall–Kier alpha value is -1.63. The number of alkyl halides is 3. The van der Waals surface area contributed by atoms with Crippen molar-refractivity contribution in [2.75, 3.05) is 0 Å². The standard InChI is InChI=1S/C21H24F3N3.ClH/c22-21(23,24)15-3-1-2-13(10-15)19-9-4-14(12-26-19)18-11-20(18)27-17-7-5-16(25)6-8-17;/h1-4,9-10,12,16-18,20,27H,5-8,11,25H2;1H/t16?,17?,18-,20+;/m0./s1. The van der Waals surface area contributed by atoms with Crippen molar-refractivity contribution in [3.8, 4) is 11.3 Å². The lowest BCUT2D eigenvalue weighted by molar-refractivity contribution is -0.137. The number of nitrogens with one attached hydrogen (secondary N) is 1. The van der Waals surface area contributed by atoms with E-state index in [1.807, 2.05) is 12.1 Å². The number of pyridine rings is 1. The van der Waals surface area contributed by atoms with Crippen molar-refractivity contribution in [2.45, 2.75) is 62.3 Å². The molecule has 3 N–H and O–H groups in total. The summed E-state index contributed by atoms with van der Waals surface area (Å²) in [6.45, 7) is 0. The lowest BCUT2D eigenvalue weighted by Gasteiger charge is -2.27. The van der Waals surface area contributed by atoms with Crippen LogP contribution in [0.3, 0.4) is 0 Å². The molecule has 2 aliphatic rings. The van der Waals surface area contributed by atoms with E-state index in [0.717, 1.165) is 49.8 Å². The molecule has 4 rings (SSSR count). The van der Waals surface area contributed by atoms with Gasteiger partial charge in [0.05, 0.1) is 11.3 Å². The maximum atomic E-state index is 12.9. The Morgan fingerprint density at radius 2 is 1.79 bits per heavy atom. The van der Waals surface area contributed by atoms with Crippen LogP contribution in [-0.4, -0.2) is 23.1 Å². The normalized spacial score (nSPS) is 27.1. The molecular formula is C21H25ClF3N3. The summed E-state index contributed by atoms with van der Waals surface area (Å²) in [5.74, 6) is 0.448. The molecule has 1 heterocycles. The van der Waals surface area contributed by atoms with Crippen LogP contribution >= 0.6 is 12.4 Å². The number of halogens is 4. The zero-order valence-corrected chi connectivity index (χ0v) is 16.3. The summed E-state index contributed by atoms with van der Waals surface area (Å²) in [5.41, 5.74) is 7.51. The van der Waals surface area contributed by atoms with Gasteiger partial charge in [-0.1, -0.05) is 18.2 Å². The first-order valence-corrected chi connectivity index (χ1v) is 9.55. The number of nitrogens with two attached hydrogens (primary N) is 1. The van der Waals surface area contributed by atoms with E-state index in [1.54, 1.807) is 12.3 Å². The van der Waals surface area contributed by atoms with Gasteiger partial charge in [0.2, 0.25) is 0 Å². The Kier molecular flexibility index (Phi) is 6.32. The molecular weight excluding hydrogens is 387 g/mol. The molecule has 1 aromatic carbocycles. The van der Waals surface area contributed by atoms with Crippen LogP contribution in [0.5, 0.6) is 0 Å². The minimum Gasteiger partial charge on any atom is -0.328 e. The van der Waals surface area contributed by atoms with Gasteiger partial charge in [-0.3, -0.25) is 4.98 Å². The van der Waals surface area contributed by atoms with Gasteiger partial charge in [0.25, 0.3) is 0 Å². The molecule has 2 atom stereocenters. The number of hydrogen-bond acceptors (Lipinski definition) is 3.